The van der Waals surface area contributed by atoms with Crippen molar-refractivity contribution in [2.75, 3.05) is 6.54 Å². The van der Waals surface area contributed by atoms with Crippen molar-refractivity contribution >= 4 is 39.1 Å². The van der Waals surface area contributed by atoms with Crippen LogP contribution < -0.4 is 11.2 Å². The van der Waals surface area contributed by atoms with Crippen molar-refractivity contribution in [2.45, 2.75) is 53.3 Å². The number of nitrogens with zero attached hydrogens (tertiary/aromatic N) is 4. The molecule has 3 aromatic carbocycles. The van der Waals surface area contributed by atoms with Crippen LogP contribution in [0.1, 0.15) is 37.5 Å². The zero-order valence-corrected chi connectivity index (χ0v) is 22.7. The fraction of sp³-hybridized carbons (Fsp3) is 0.300. The van der Waals surface area contributed by atoms with Crippen molar-refractivity contribution in [2.24, 2.45) is 0 Å². The molecule has 5 aromatic rings. The molecule has 0 aliphatic rings. The Hall–Kier alpha value is -4.53. The van der Waals surface area contributed by atoms with Gasteiger partial charge >= 0.3 is 11.8 Å². The summed E-state index contributed by atoms with van der Waals surface area (Å²) in [4.78, 5) is 52.6. The first-order chi connectivity index (χ1) is 18.5. The van der Waals surface area contributed by atoms with Crippen molar-refractivity contribution in [3.63, 3.8) is 0 Å². The number of H-pyrrole nitrogens is 1. The highest BCUT2D eigenvalue weighted by molar-refractivity contribution is 5.85. The predicted octanol–water partition coefficient (Wildman–Crippen LogP) is 4.84. The third-order valence-electron chi connectivity index (χ3n) is 6.63. The zero-order chi connectivity index (χ0) is 27.9. The number of rotatable bonds is 5. The minimum Gasteiger partial charge on any atom is -0.444 e. The van der Waals surface area contributed by atoms with Gasteiger partial charge in [-0.3, -0.25) is 14.3 Å². The van der Waals surface area contributed by atoms with Gasteiger partial charge in [-0.2, -0.15) is 0 Å². The number of fused-ring (bicyclic) bond motifs is 3. The molecule has 0 atom stereocenters. The number of carbonyl (C=O) groups excluding carboxylic acids is 1. The molecule has 0 bridgehead atoms. The van der Waals surface area contributed by atoms with Gasteiger partial charge in [0.05, 0.1) is 11.0 Å². The maximum Gasteiger partial charge on any atom is 0.410 e. The lowest BCUT2D eigenvalue weighted by atomic mass is 10.1. The Bertz CT molecular complexity index is 1850. The summed E-state index contributed by atoms with van der Waals surface area (Å²) in [5.74, 6) is 0. The summed E-state index contributed by atoms with van der Waals surface area (Å²) < 4.78 is 6.70. The molecule has 0 radical (unpaired) electrons. The molecule has 200 valence electrons. The fourth-order valence-corrected chi connectivity index (χ4v) is 4.48. The molecule has 5 rings (SSSR count). The molecule has 0 unspecified atom stereocenters. The lowest BCUT2D eigenvalue weighted by Crippen LogP contribution is -2.42. The molecule has 1 N–H and O–H groups in total. The molecule has 1 amide bonds. The summed E-state index contributed by atoms with van der Waals surface area (Å²) in [5.41, 5.74) is 2.49. The normalized spacial score (nSPS) is 11.8. The highest BCUT2D eigenvalue weighted by atomic mass is 16.6. The Kier molecular flexibility index (Phi) is 6.68. The van der Waals surface area contributed by atoms with Gasteiger partial charge in [-0.15, -0.1) is 0 Å². The van der Waals surface area contributed by atoms with E-state index in [0.717, 1.165) is 32.0 Å². The van der Waals surface area contributed by atoms with Crippen LogP contribution in [0.15, 0.2) is 64.2 Å². The van der Waals surface area contributed by atoms with Gasteiger partial charge in [0.2, 0.25) is 0 Å². The van der Waals surface area contributed by atoms with E-state index >= 15 is 0 Å². The number of nitrogens with one attached hydrogen (secondary N) is 1. The van der Waals surface area contributed by atoms with Gasteiger partial charge in [0, 0.05) is 19.6 Å². The number of ether oxygens (including phenoxy) is 1. The van der Waals surface area contributed by atoms with E-state index in [9.17, 15) is 14.4 Å². The molecule has 0 saturated carbocycles. The monoisotopic (exact) mass is 525 g/mol. The van der Waals surface area contributed by atoms with Crippen molar-refractivity contribution in [1.29, 1.82) is 0 Å². The third-order valence-corrected chi connectivity index (χ3v) is 6.63. The van der Waals surface area contributed by atoms with Crippen LogP contribution in [0.25, 0.3) is 33.0 Å². The van der Waals surface area contributed by atoms with Crippen molar-refractivity contribution in [3.05, 3.63) is 92.1 Å². The Morgan fingerprint density at radius 3 is 2.31 bits per heavy atom. The second kappa shape index (κ2) is 9.98. The van der Waals surface area contributed by atoms with E-state index in [1.807, 2.05) is 68.4 Å². The summed E-state index contributed by atoms with van der Waals surface area (Å²) in [6, 6.07) is 17.7. The summed E-state index contributed by atoms with van der Waals surface area (Å²) in [7, 11) is 0. The standard InChI is InChI=1S/C30H31N5O4/c1-18-14-23-24(15-19(18)2)32-26-25(31-23)27(36)35(28(37)33-26)13-12-34(29(38)39-30(3,4)5)17-20-10-11-21-8-6-7-9-22(21)16-20/h6-11,14-16H,12-13,17H2,1-5H3,(H,32,33,37). The number of benzene rings is 3. The van der Waals surface area contributed by atoms with Crippen LogP contribution in [0.4, 0.5) is 4.79 Å². The van der Waals surface area contributed by atoms with Crippen molar-refractivity contribution in [3.8, 4) is 0 Å². The molecule has 0 spiro atoms. The van der Waals surface area contributed by atoms with E-state index in [0.29, 0.717) is 11.0 Å². The Balaban J connectivity index is 1.48. The maximum atomic E-state index is 13.4. The van der Waals surface area contributed by atoms with E-state index in [2.05, 4.69) is 15.0 Å². The van der Waals surface area contributed by atoms with Crippen LogP contribution >= 0.6 is 0 Å². The van der Waals surface area contributed by atoms with Crippen LogP contribution in [0.3, 0.4) is 0 Å². The Morgan fingerprint density at radius 1 is 0.949 bits per heavy atom. The van der Waals surface area contributed by atoms with Crippen LogP contribution in [0.5, 0.6) is 0 Å². The number of amides is 1. The molecule has 39 heavy (non-hydrogen) atoms. The Morgan fingerprint density at radius 2 is 1.62 bits per heavy atom. The molecule has 9 nitrogen and oxygen atoms in total. The molecule has 0 saturated heterocycles. The first-order valence-electron chi connectivity index (χ1n) is 12.9. The third kappa shape index (κ3) is 5.52. The first kappa shape index (κ1) is 26.1. The van der Waals surface area contributed by atoms with Crippen molar-refractivity contribution in [1.82, 2.24) is 24.4 Å². The predicted molar refractivity (Wildman–Crippen MR) is 152 cm³/mol. The van der Waals surface area contributed by atoms with E-state index in [1.54, 1.807) is 20.8 Å². The molecular weight excluding hydrogens is 494 g/mol. The molecule has 0 fully saturated rings. The van der Waals surface area contributed by atoms with Gasteiger partial charge in [-0.05, 0) is 80.3 Å². The number of aryl methyl sites for hydroxylation is 2. The molecule has 0 aliphatic heterocycles. The summed E-state index contributed by atoms with van der Waals surface area (Å²) in [6.07, 6.45) is -0.530. The number of hydrogen-bond donors (Lipinski definition) is 1. The SMILES string of the molecule is Cc1cc2nc3[nH]c(=O)n(CCN(Cc4ccc5ccccc5c4)C(=O)OC(C)(C)C)c(=O)c3nc2cc1C. The fourth-order valence-electron chi connectivity index (χ4n) is 4.48. The van der Waals surface area contributed by atoms with Gasteiger partial charge in [-0.1, -0.05) is 36.4 Å². The molecule has 0 aliphatic carbocycles. The smallest absolute Gasteiger partial charge is 0.410 e. The maximum absolute atomic E-state index is 13.4. The van der Waals surface area contributed by atoms with Crippen LogP contribution in [0.2, 0.25) is 0 Å². The molecule has 2 heterocycles. The topological polar surface area (TPSA) is 110 Å². The number of carbonyl (C=O) groups is 1. The average Bonchev–Trinajstić information content (AvgIpc) is 2.87. The highest BCUT2D eigenvalue weighted by Crippen LogP contribution is 2.19. The van der Waals surface area contributed by atoms with E-state index in [1.165, 1.54) is 4.90 Å². The second-order valence-electron chi connectivity index (χ2n) is 10.8. The summed E-state index contributed by atoms with van der Waals surface area (Å²) >= 11 is 0. The number of aromatic nitrogens is 4. The minimum absolute atomic E-state index is 0.0381. The van der Waals surface area contributed by atoms with Crippen LogP contribution in [-0.4, -0.2) is 42.7 Å². The van der Waals surface area contributed by atoms with Gasteiger partial charge in [0.1, 0.15) is 5.60 Å². The number of aromatic amines is 1. The van der Waals surface area contributed by atoms with Gasteiger partial charge in [0.15, 0.2) is 11.2 Å². The van der Waals surface area contributed by atoms with Crippen molar-refractivity contribution < 1.29 is 9.53 Å². The largest absolute Gasteiger partial charge is 0.444 e. The molecule has 9 heteroatoms. The quantitative estimate of drug-likeness (QED) is 0.329. The lowest BCUT2D eigenvalue weighted by molar-refractivity contribution is 0.0226. The van der Waals surface area contributed by atoms with E-state index < -0.39 is 22.9 Å². The van der Waals surface area contributed by atoms with Gasteiger partial charge in [0.25, 0.3) is 5.56 Å². The minimum atomic E-state index is -0.705. The van der Waals surface area contributed by atoms with Gasteiger partial charge < -0.3 is 9.64 Å². The Labute approximate surface area is 225 Å². The molecule has 2 aromatic heterocycles. The first-order valence-corrected chi connectivity index (χ1v) is 12.9. The van der Waals surface area contributed by atoms with Crippen LogP contribution in [0, 0.1) is 13.8 Å². The highest BCUT2D eigenvalue weighted by Gasteiger charge is 2.23. The van der Waals surface area contributed by atoms with E-state index in [4.69, 9.17) is 4.74 Å². The molecular formula is C30H31N5O4. The summed E-state index contributed by atoms with van der Waals surface area (Å²) in [5, 5.41) is 2.15. The second-order valence-corrected chi connectivity index (χ2v) is 10.8. The average molecular weight is 526 g/mol. The lowest BCUT2D eigenvalue weighted by Gasteiger charge is -2.27. The van der Waals surface area contributed by atoms with Gasteiger partial charge in [-0.25, -0.2) is 19.6 Å². The zero-order valence-electron chi connectivity index (χ0n) is 22.7. The van der Waals surface area contributed by atoms with E-state index in [-0.39, 0.29) is 30.8 Å². The number of hydrogen-bond acceptors (Lipinski definition) is 6. The van der Waals surface area contributed by atoms with Crippen LogP contribution in [-0.2, 0) is 17.8 Å². The summed E-state index contributed by atoms with van der Waals surface area (Å²) in [6.45, 7) is 9.61.